The molecule has 0 amide bonds. The van der Waals surface area contributed by atoms with E-state index in [4.69, 9.17) is 14.2 Å². The third-order valence-corrected chi connectivity index (χ3v) is 7.41. The summed E-state index contributed by atoms with van der Waals surface area (Å²) < 4.78 is 24.4. The second kappa shape index (κ2) is 34.5. The Morgan fingerprint density at radius 3 is 1.17 bits per heavy atom. The Bertz CT molecular complexity index is 1160. The Morgan fingerprint density at radius 1 is 0.415 bits per heavy atom. The van der Waals surface area contributed by atoms with Crippen molar-refractivity contribution >= 4 is 0 Å². The van der Waals surface area contributed by atoms with Crippen molar-refractivity contribution in [2.24, 2.45) is 11.8 Å². The highest BCUT2D eigenvalue weighted by Crippen LogP contribution is 2.05. The fraction of sp³-hybridized carbons (Fsp3) is 0.714. The molecule has 0 N–H and O–H groups in total. The fourth-order valence-corrected chi connectivity index (χ4v) is 4.40. The molecule has 4 heterocycles. The molecule has 11 heteroatoms. The first-order valence-electron chi connectivity index (χ1n) is 20.1. The first-order chi connectivity index (χ1) is 25.4. The van der Waals surface area contributed by atoms with E-state index >= 15 is 0 Å². The molecule has 0 spiro atoms. The van der Waals surface area contributed by atoms with E-state index in [1.165, 1.54) is 38.5 Å². The SMILES string of the molecule is CC(C)CCCn1ccnc1.CC(C)CCn1ccnc1.CC(C)OCCCn1ccnc1.CC(C)OCCn1ccnc1.CCCCCOC(C)C. The molecule has 0 fully saturated rings. The number of rotatable bonds is 21. The molecule has 0 atom stereocenters. The van der Waals surface area contributed by atoms with E-state index in [0.717, 1.165) is 64.3 Å². The highest BCUT2D eigenvalue weighted by atomic mass is 16.5. The lowest BCUT2D eigenvalue weighted by atomic mass is 10.1. The summed E-state index contributed by atoms with van der Waals surface area (Å²) in [6.07, 6.45) is 32.2. The van der Waals surface area contributed by atoms with Crippen LogP contribution in [0.4, 0.5) is 0 Å². The summed E-state index contributed by atoms with van der Waals surface area (Å²) in [6.45, 7) is 30.1. The monoisotopic (exact) mass is 743 g/mol. The van der Waals surface area contributed by atoms with E-state index in [1.807, 2.05) is 74.6 Å². The van der Waals surface area contributed by atoms with E-state index in [2.05, 4.69) is 96.0 Å². The largest absolute Gasteiger partial charge is 0.379 e. The molecule has 0 aliphatic rings. The van der Waals surface area contributed by atoms with E-state index in [-0.39, 0.29) is 0 Å². The highest BCUT2D eigenvalue weighted by molar-refractivity contribution is 4.75. The van der Waals surface area contributed by atoms with Crippen molar-refractivity contribution in [3.63, 3.8) is 0 Å². The third-order valence-electron chi connectivity index (χ3n) is 7.41. The van der Waals surface area contributed by atoms with Gasteiger partial charge in [0.15, 0.2) is 0 Å². The third kappa shape index (κ3) is 35.5. The Hall–Kier alpha value is -3.28. The summed E-state index contributed by atoms with van der Waals surface area (Å²) in [5.41, 5.74) is 0. The van der Waals surface area contributed by atoms with Gasteiger partial charge in [-0.15, -0.1) is 0 Å². The first kappa shape index (κ1) is 49.7. The number of aromatic nitrogens is 8. The molecule has 4 rings (SSSR count). The lowest BCUT2D eigenvalue weighted by Gasteiger charge is -2.06. The zero-order valence-electron chi connectivity index (χ0n) is 35.5. The van der Waals surface area contributed by atoms with E-state index in [1.54, 1.807) is 18.7 Å². The van der Waals surface area contributed by atoms with Gasteiger partial charge < -0.3 is 32.5 Å². The predicted octanol–water partition coefficient (Wildman–Crippen LogP) is 9.86. The van der Waals surface area contributed by atoms with Gasteiger partial charge in [-0.2, -0.15) is 0 Å². The van der Waals surface area contributed by atoms with Crippen molar-refractivity contribution in [3.05, 3.63) is 74.9 Å². The van der Waals surface area contributed by atoms with Gasteiger partial charge in [0.05, 0.1) is 50.2 Å². The van der Waals surface area contributed by atoms with Gasteiger partial charge in [-0.25, -0.2) is 19.9 Å². The topological polar surface area (TPSA) is 99.0 Å². The van der Waals surface area contributed by atoms with Gasteiger partial charge in [-0.3, -0.25) is 0 Å². The molecule has 0 unspecified atom stereocenters. The molecule has 4 aromatic rings. The highest BCUT2D eigenvalue weighted by Gasteiger charge is 1.96. The number of hydrogen-bond acceptors (Lipinski definition) is 7. The Kier molecular flexibility index (Phi) is 32.4. The van der Waals surface area contributed by atoms with E-state index in [9.17, 15) is 0 Å². The fourth-order valence-electron chi connectivity index (χ4n) is 4.40. The van der Waals surface area contributed by atoms with Crippen LogP contribution in [0.3, 0.4) is 0 Å². The van der Waals surface area contributed by atoms with Crippen molar-refractivity contribution < 1.29 is 14.2 Å². The number of unbranched alkanes of at least 4 members (excludes halogenated alkanes) is 2. The maximum absolute atomic E-state index is 5.41. The molecule has 53 heavy (non-hydrogen) atoms. The van der Waals surface area contributed by atoms with Crippen molar-refractivity contribution in [1.82, 2.24) is 38.2 Å². The second-order valence-electron chi connectivity index (χ2n) is 14.7. The number of aryl methyl sites for hydroxylation is 3. The van der Waals surface area contributed by atoms with E-state index in [0.29, 0.717) is 18.3 Å². The summed E-state index contributed by atoms with van der Waals surface area (Å²) in [4.78, 5) is 15.8. The van der Waals surface area contributed by atoms with Crippen molar-refractivity contribution in [3.8, 4) is 0 Å². The average Bonchev–Trinajstić information content (AvgIpc) is 3.95. The summed E-state index contributed by atoms with van der Waals surface area (Å²) >= 11 is 0. The van der Waals surface area contributed by atoms with Crippen LogP contribution in [0.25, 0.3) is 0 Å². The first-order valence-corrected chi connectivity index (χ1v) is 20.1. The van der Waals surface area contributed by atoms with Gasteiger partial charge in [0.1, 0.15) is 0 Å². The molecule has 0 saturated heterocycles. The second-order valence-corrected chi connectivity index (χ2v) is 14.7. The average molecular weight is 743 g/mol. The summed E-state index contributed by atoms with van der Waals surface area (Å²) in [6, 6.07) is 0. The Morgan fingerprint density at radius 2 is 0.792 bits per heavy atom. The van der Waals surface area contributed by atoms with E-state index < -0.39 is 0 Å². The van der Waals surface area contributed by atoms with Crippen LogP contribution in [0.2, 0.25) is 0 Å². The normalized spacial score (nSPS) is 10.8. The lowest BCUT2D eigenvalue weighted by Crippen LogP contribution is -2.09. The molecule has 0 bridgehead atoms. The van der Waals surface area contributed by atoms with Crippen molar-refractivity contribution in [2.75, 3.05) is 19.8 Å². The predicted molar refractivity (Wildman–Crippen MR) is 220 cm³/mol. The summed E-state index contributed by atoms with van der Waals surface area (Å²) in [5.74, 6) is 1.60. The molecule has 11 nitrogen and oxygen atoms in total. The van der Waals surface area contributed by atoms with Crippen LogP contribution >= 0.6 is 0 Å². The zero-order valence-corrected chi connectivity index (χ0v) is 35.5. The summed E-state index contributed by atoms with van der Waals surface area (Å²) in [7, 11) is 0. The van der Waals surface area contributed by atoms with Crippen LogP contribution in [-0.4, -0.2) is 76.3 Å². The molecule has 304 valence electrons. The maximum Gasteiger partial charge on any atom is 0.0946 e. The number of imidazole rings is 4. The van der Waals surface area contributed by atoms with Crippen LogP contribution < -0.4 is 0 Å². The van der Waals surface area contributed by atoms with Crippen molar-refractivity contribution in [2.45, 2.75) is 166 Å². The van der Waals surface area contributed by atoms with Gasteiger partial charge in [0.2, 0.25) is 0 Å². The lowest BCUT2D eigenvalue weighted by molar-refractivity contribution is 0.0727. The van der Waals surface area contributed by atoms with Crippen LogP contribution in [0, 0.1) is 11.8 Å². The minimum atomic E-state index is 0.318. The van der Waals surface area contributed by atoms with Crippen LogP contribution in [0.1, 0.15) is 121 Å². The standard InChI is InChI=1S/C9H16N2O.C9H16N2.C8H14N2O.C8H14N2.C8H18O/c1-9(2)12-7-3-5-11-6-4-10-8-11;1-9(2)4-3-6-11-7-5-10-8-11;1-8(2)11-6-5-10-4-3-9-7-10;1-8(2)3-5-10-6-4-9-7-10;1-4-5-6-7-9-8(2)3/h4,6,8-9H,3,5,7H2,1-2H3;5,7-9H,3-4,6H2,1-2H3;3-4,7-8H,5-6H2,1-2H3;4,6-8H,3,5H2,1-2H3;8H,4-7H2,1-3H3. The summed E-state index contributed by atoms with van der Waals surface area (Å²) in [5, 5.41) is 0. The van der Waals surface area contributed by atoms with Crippen LogP contribution in [0.5, 0.6) is 0 Å². The number of nitrogens with zero attached hydrogens (tertiary/aromatic N) is 8. The molecular formula is C42H78N8O3. The zero-order chi connectivity index (χ0) is 39.5. The van der Waals surface area contributed by atoms with Gasteiger partial charge >= 0.3 is 0 Å². The molecular weight excluding hydrogens is 665 g/mol. The minimum absolute atomic E-state index is 0.318. The van der Waals surface area contributed by atoms with Crippen LogP contribution in [-0.2, 0) is 40.4 Å². The van der Waals surface area contributed by atoms with Gasteiger partial charge in [0.25, 0.3) is 0 Å². The molecule has 0 aliphatic carbocycles. The molecule has 0 aliphatic heterocycles. The van der Waals surface area contributed by atoms with Gasteiger partial charge in [0, 0.05) is 89.0 Å². The van der Waals surface area contributed by atoms with Crippen LogP contribution in [0.15, 0.2) is 74.9 Å². The van der Waals surface area contributed by atoms with Gasteiger partial charge in [-0.05, 0) is 85.5 Å². The molecule has 4 aromatic heterocycles. The Balaban J connectivity index is 0.000000640. The molecule has 0 radical (unpaired) electrons. The van der Waals surface area contributed by atoms with Crippen molar-refractivity contribution in [1.29, 1.82) is 0 Å². The minimum Gasteiger partial charge on any atom is -0.379 e. The Labute approximate surface area is 323 Å². The smallest absolute Gasteiger partial charge is 0.0946 e. The molecule has 0 saturated carbocycles. The quantitative estimate of drug-likeness (QED) is 0.0784. The van der Waals surface area contributed by atoms with Gasteiger partial charge in [-0.1, -0.05) is 47.5 Å². The molecule has 0 aromatic carbocycles. The number of hydrogen-bond donors (Lipinski definition) is 0. The number of ether oxygens (including phenoxy) is 3. The maximum atomic E-state index is 5.41.